The molecule has 2 aromatic heterocycles. The maximum atomic E-state index is 14.5. The molecule has 2 aliphatic rings. The van der Waals surface area contributed by atoms with Gasteiger partial charge < -0.3 is 9.15 Å². The summed E-state index contributed by atoms with van der Waals surface area (Å²) >= 11 is 0. The first-order valence-electron chi connectivity index (χ1n) is 15.0. The number of hydrogen-bond acceptors (Lipinski definition) is 4. The van der Waals surface area contributed by atoms with E-state index in [0.717, 1.165) is 33.2 Å². The summed E-state index contributed by atoms with van der Waals surface area (Å²) in [5.41, 5.74) is 5.07. The maximum absolute atomic E-state index is 14.5. The number of aromatic nitrogens is 2. The highest BCUT2D eigenvalue weighted by molar-refractivity contribution is 6.09. The van der Waals surface area contributed by atoms with Gasteiger partial charge in [0.15, 0.2) is 0 Å². The van der Waals surface area contributed by atoms with Gasteiger partial charge in [-0.15, -0.1) is 0 Å². The average molecular weight is 587 g/mol. The lowest BCUT2D eigenvalue weighted by molar-refractivity contribution is 0.228. The third-order valence-corrected chi connectivity index (χ3v) is 9.29. The van der Waals surface area contributed by atoms with Gasteiger partial charge in [0.1, 0.15) is 23.0 Å². The summed E-state index contributed by atoms with van der Waals surface area (Å²) in [6.07, 6.45) is 8.36. The Hall–Kier alpha value is -5.88. The van der Waals surface area contributed by atoms with Gasteiger partial charge in [-0.05, 0) is 61.0 Å². The van der Waals surface area contributed by atoms with Crippen LogP contribution in [0.3, 0.4) is 0 Å². The zero-order chi connectivity index (χ0) is 30.3. The largest absolute Gasteiger partial charge is 0.484 e. The van der Waals surface area contributed by atoms with E-state index in [2.05, 4.69) is 43.4 Å². The minimum atomic E-state index is -0.455. The lowest BCUT2D eigenvalue weighted by Crippen LogP contribution is -2.38. The van der Waals surface area contributed by atoms with Crippen molar-refractivity contribution < 1.29 is 9.15 Å². The minimum Gasteiger partial charge on any atom is -0.484 e. The van der Waals surface area contributed by atoms with E-state index in [1.165, 1.54) is 4.57 Å². The topological polar surface area (TPSA) is 66.4 Å². The van der Waals surface area contributed by atoms with E-state index in [0.29, 0.717) is 33.4 Å². The highest BCUT2D eigenvalue weighted by atomic mass is 16.5. The molecule has 0 saturated heterocycles. The molecule has 1 aliphatic heterocycles. The van der Waals surface area contributed by atoms with E-state index in [-0.39, 0.29) is 17.1 Å². The van der Waals surface area contributed by atoms with Gasteiger partial charge in [-0.3, -0.25) is 9.36 Å². The van der Waals surface area contributed by atoms with Gasteiger partial charge in [-0.1, -0.05) is 85.0 Å². The molecule has 0 spiro atoms. The maximum Gasteiger partial charge on any atom is 0.340 e. The Morgan fingerprint density at radius 1 is 0.711 bits per heavy atom. The Labute approximate surface area is 257 Å². The highest BCUT2D eigenvalue weighted by Crippen LogP contribution is 2.50. The van der Waals surface area contributed by atoms with E-state index in [1.54, 1.807) is 16.7 Å². The van der Waals surface area contributed by atoms with Crippen LogP contribution in [0.15, 0.2) is 148 Å². The normalized spacial score (nSPS) is 18.4. The number of nitrogens with zero attached hydrogens (tertiary/aromatic N) is 2. The Morgan fingerprint density at radius 2 is 1.47 bits per heavy atom. The number of allylic oxidation sites excluding steroid dienone is 2. The van der Waals surface area contributed by atoms with E-state index in [1.807, 2.05) is 84.9 Å². The second kappa shape index (κ2) is 9.31. The fraction of sp³-hybridized carbons (Fsp3) is 0.0769. The molecule has 6 nitrogen and oxygen atoms in total. The molecule has 0 N–H and O–H groups in total. The lowest BCUT2D eigenvalue weighted by Gasteiger charge is -2.26. The van der Waals surface area contributed by atoms with Crippen LogP contribution in [0.25, 0.3) is 55.3 Å². The summed E-state index contributed by atoms with van der Waals surface area (Å²) in [7, 11) is 0. The zero-order valence-electron chi connectivity index (χ0n) is 24.3. The third-order valence-electron chi connectivity index (χ3n) is 9.29. The van der Waals surface area contributed by atoms with Crippen LogP contribution in [0, 0.1) is 0 Å². The number of fused-ring (bicyclic) bond motifs is 7. The first-order valence-corrected chi connectivity index (χ1v) is 15.0. The van der Waals surface area contributed by atoms with Crippen LogP contribution in [-0.2, 0) is 5.41 Å². The molecule has 3 heterocycles. The summed E-state index contributed by atoms with van der Waals surface area (Å²) in [4.78, 5) is 28.5. The summed E-state index contributed by atoms with van der Waals surface area (Å²) < 4.78 is 15.4. The van der Waals surface area contributed by atoms with Crippen molar-refractivity contribution in [3.8, 4) is 28.3 Å². The number of para-hydroxylation sites is 3. The number of hydrogen-bond donors (Lipinski definition) is 0. The summed E-state index contributed by atoms with van der Waals surface area (Å²) in [6, 6.07) is 34.5. The minimum absolute atomic E-state index is 0.0549. The van der Waals surface area contributed by atoms with Crippen molar-refractivity contribution in [2.45, 2.75) is 18.4 Å². The summed E-state index contributed by atoms with van der Waals surface area (Å²) in [5, 5.41) is 2.01. The number of benzene rings is 5. The van der Waals surface area contributed by atoms with Crippen molar-refractivity contribution in [2.24, 2.45) is 0 Å². The van der Waals surface area contributed by atoms with Gasteiger partial charge in [0.25, 0.3) is 5.56 Å². The molecule has 0 amide bonds. The first kappa shape index (κ1) is 25.6. The Kier molecular flexibility index (Phi) is 5.30. The summed E-state index contributed by atoms with van der Waals surface area (Å²) in [5.74, 6) is 0.880. The first-order chi connectivity index (χ1) is 22.0. The van der Waals surface area contributed by atoms with Gasteiger partial charge in [0, 0.05) is 16.5 Å². The van der Waals surface area contributed by atoms with Crippen LogP contribution in [0.4, 0.5) is 0 Å². The fourth-order valence-corrected chi connectivity index (χ4v) is 7.02. The van der Waals surface area contributed by atoms with Crippen LogP contribution in [0.1, 0.15) is 12.5 Å². The standard InChI is InChI=1S/C39H26N2O4/c1-39-23-7-6-18-34(39)45-36-26(12-8-13-29(36)39)24-19-21-25(22-20-24)40-30-14-4-2-10-27(30)37(42)41(38(40)43)31-15-9-17-33-35(31)28-11-3-5-16-32(28)44-33/h2-23,34H,1H3. The van der Waals surface area contributed by atoms with Gasteiger partial charge in [0.2, 0.25) is 0 Å². The molecule has 7 aromatic rings. The van der Waals surface area contributed by atoms with E-state index < -0.39 is 5.69 Å². The Morgan fingerprint density at radius 3 is 2.33 bits per heavy atom. The van der Waals surface area contributed by atoms with Crippen molar-refractivity contribution in [3.05, 3.63) is 160 Å². The second-order valence-corrected chi connectivity index (χ2v) is 11.8. The molecule has 2 atom stereocenters. The number of rotatable bonds is 3. The molecule has 0 saturated carbocycles. The molecule has 0 radical (unpaired) electrons. The van der Waals surface area contributed by atoms with Gasteiger partial charge in [0.05, 0.1) is 33.1 Å². The van der Waals surface area contributed by atoms with Crippen molar-refractivity contribution >= 4 is 32.8 Å². The predicted octanol–water partition coefficient (Wildman–Crippen LogP) is 7.85. The molecule has 0 fully saturated rings. The van der Waals surface area contributed by atoms with Crippen molar-refractivity contribution in [1.82, 2.24) is 9.13 Å². The molecule has 1 aliphatic carbocycles. The van der Waals surface area contributed by atoms with Crippen LogP contribution in [0.2, 0.25) is 0 Å². The van der Waals surface area contributed by atoms with Crippen LogP contribution in [0.5, 0.6) is 5.75 Å². The molecule has 216 valence electrons. The molecular weight excluding hydrogens is 560 g/mol. The van der Waals surface area contributed by atoms with Crippen LogP contribution < -0.4 is 16.0 Å². The van der Waals surface area contributed by atoms with Crippen molar-refractivity contribution in [3.63, 3.8) is 0 Å². The smallest absolute Gasteiger partial charge is 0.340 e. The highest BCUT2D eigenvalue weighted by Gasteiger charge is 2.44. The van der Waals surface area contributed by atoms with E-state index in [9.17, 15) is 9.59 Å². The molecule has 0 bridgehead atoms. The fourth-order valence-electron chi connectivity index (χ4n) is 7.02. The summed E-state index contributed by atoms with van der Waals surface area (Å²) in [6.45, 7) is 2.20. The molecular formula is C39H26N2O4. The predicted molar refractivity (Wildman–Crippen MR) is 178 cm³/mol. The molecule has 45 heavy (non-hydrogen) atoms. The van der Waals surface area contributed by atoms with E-state index >= 15 is 0 Å². The molecule has 5 aromatic carbocycles. The lowest BCUT2D eigenvalue weighted by atomic mass is 9.76. The quantitative estimate of drug-likeness (QED) is 0.212. The van der Waals surface area contributed by atoms with Gasteiger partial charge >= 0.3 is 5.69 Å². The van der Waals surface area contributed by atoms with Crippen molar-refractivity contribution in [2.75, 3.05) is 0 Å². The third kappa shape index (κ3) is 3.56. The molecule has 6 heteroatoms. The second-order valence-electron chi connectivity index (χ2n) is 11.8. The Balaban J connectivity index is 1.24. The van der Waals surface area contributed by atoms with E-state index in [4.69, 9.17) is 9.15 Å². The van der Waals surface area contributed by atoms with Gasteiger partial charge in [-0.2, -0.15) is 0 Å². The molecule has 9 rings (SSSR count). The monoisotopic (exact) mass is 586 g/mol. The van der Waals surface area contributed by atoms with Crippen LogP contribution >= 0.6 is 0 Å². The average Bonchev–Trinajstić information content (AvgIpc) is 3.61. The Bertz CT molecular complexity index is 2530. The van der Waals surface area contributed by atoms with Gasteiger partial charge in [-0.25, -0.2) is 9.36 Å². The molecule has 2 unspecified atom stereocenters. The van der Waals surface area contributed by atoms with Crippen molar-refractivity contribution in [1.29, 1.82) is 0 Å². The SMILES string of the molecule is CC12C=CC=CC1Oc1c(-c3ccc(-n4c(=O)n(-c5cccc6oc7ccccc7c56)c(=O)c5ccccc54)cc3)cccc12. The number of furan rings is 1. The number of ether oxygens (including phenoxy) is 1. The van der Waals surface area contributed by atoms with Crippen LogP contribution in [-0.4, -0.2) is 15.2 Å². The zero-order valence-corrected chi connectivity index (χ0v) is 24.3.